The van der Waals surface area contributed by atoms with Gasteiger partial charge in [-0.25, -0.2) is 0 Å². The van der Waals surface area contributed by atoms with Crippen LogP contribution in [0.1, 0.15) is 12.8 Å². The number of carboxylic acids is 1. The van der Waals surface area contributed by atoms with Gasteiger partial charge in [0.1, 0.15) is 6.54 Å². The lowest BCUT2D eigenvalue weighted by atomic mass is 10.1. The van der Waals surface area contributed by atoms with Crippen molar-refractivity contribution in [2.24, 2.45) is 11.5 Å². The highest BCUT2D eigenvalue weighted by molar-refractivity contribution is 5.90. The molecule has 12 nitrogen and oxygen atoms in total. The van der Waals surface area contributed by atoms with Gasteiger partial charge in [0.2, 0.25) is 17.7 Å². The summed E-state index contributed by atoms with van der Waals surface area (Å²) in [5.41, 5.74) is 10.7. The quantitative estimate of drug-likeness (QED) is 0.105. The molecule has 0 aromatic rings. The minimum absolute atomic E-state index is 0.169. The number of nitrogens with one attached hydrogen (secondary N) is 5. The molecule has 3 amide bonds. The van der Waals surface area contributed by atoms with Crippen LogP contribution in [0.4, 0.5) is 0 Å². The van der Waals surface area contributed by atoms with Gasteiger partial charge in [0.05, 0.1) is 19.1 Å². The average molecular weight is 345 g/mol. The summed E-state index contributed by atoms with van der Waals surface area (Å²) in [6, 6.07) is -0.814. The molecule has 0 saturated carbocycles. The fraction of sp³-hybridized carbons (Fsp3) is 0.583. The van der Waals surface area contributed by atoms with Crippen molar-refractivity contribution in [3.05, 3.63) is 0 Å². The van der Waals surface area contributed by atoms with Gasteiger partial charge in [-0.1, -0.05) is 0 Å². The summed E-state index contributed by atoms with van der Waals surface area (Å²) >= 11 is 0. The zero-order valence-corrected chi connectivity index (χ0v) is 13.1. The Balaban J connectivity index is 3.83. The van der Waals surface area contributed by atoms with E-state index in [4.69, 9.17) is 22.0 Å². The van der Waals surface area contributed by atoms with Crippen molar-refractivity contribution in [3.8, 4) is 0 Å². The monoisotopic (exact) mass is 345 g/mol. The Morgan fingerprint density at radius 3 is 2.04 bits per heavy atom. The Bertz CT molecular complexity index is 482. The first kappa shape index (κ1) is 21.1. The Morgan fingerprint density at radius 2 is 1.50 bits per heavy atom. The first-order valence-electron chi connectivity index (χ1n) is 7.08. The molecule has 0 aromatic heterocycles. The molecular formula is C12H23N7O5. The van der Waals surface area contributed by atoms with E-state index in [2.05, 4.69) is 21.3 Å². The van der Waals surface area contributed by atoms with E-state index < -0.39 is 42.8 Å². The van der Waals surface area contributed by atoms with E-state index in [0.29, 0.717) is 19.4 Å². The predicted molar refractivity (Wildman–Crippen MR) is 83.8 cm³/mol. The zero-order chi connectivity index (χ0) is 18.5. The average Bonchev–Trinajstić information content (AvgIpc) is 2.52. The second-order valence-corrected chi connectivity index (χ2v) is 4.75. The standard InChI is InChI=1S/C12H23N7O5/c13-7(2-1-3-16-12(14)15)11(24)19-5-9(21)17-4-8(20)18-6-10(22)23/h7H,1-6,13H2,(H,17,21)(H,18,20)(H,19,24)(H,22,23)(H4,14,15,16)/t7-/m0/s1. The van der Waals surface area contributed by atoms with Gasteiger partial charge in [-0.3, -0.25) is 24.6 Å². The van der Waals surface area contributed by atoms with Gasteiger partial charge < -0.3 is 37.8 Å². The summed E-state index contributed by atoms with van der Waals surface area (Å²) in [6.07, 6.45) is 0.857. The lowest BCUT2D eigenvalue weighted by molar-refractivity contribution is -0.137. The molecule has 1 atom stereocenters. The van der Waals surface area contributed by atoms with Crippen LogP contribution < -0.4 is 32.7 Å². The molecule has 24 heavy (non-hydrogen) atoms. The number of hydrogen-bond donors (Lipinski definition) is 8. The highest BCUT2D eigenvalue weighted by Crippen LogP contribution is 1.93. The molecule has 0 saturated heterocycles. The predicted octanol–water partition coefficient (Wildman–Crippen LogP) is -3.99. The summed E-state index contributed by atoms with van der Waals surface area (Å²) in [4.78, 5) is 44.5. The van der Waals surface area contributed by atoms with Crippen molar-refractivity contribution < 1.29 is 24.3 Å². The van der Waals surface area contributed by atoms with Crippen molar-refractivity contribution in [1.29, 1.82) is 5.41 Å². The Morgan fingerprint density at radius 1 is 0.958 bits per heavy atom. The van der Waals surface area contributed by atoms with E-state index in [1.807, 2.05) is 0 Å². The van der Waals surface area contributed by atoms with Crippen molar-refractivity contribution in [3.63, 3.8) is 0 Å². The normalized spacial score (nSPS) is 11.0. The molecule has 0 heterocycles. The molecule has 0 aliphatic rings. The molecule has 0 unspecified atom stereocenters. The minimum Gasteiger partial charge on any atom is -0.480 e. The third kappa shape index (κ3) is 11.7. The summed E-state index contributed by atoms with van der Waals surface area (Å²) in [5.74, 6) is -3.17. The van der Waals surface area contributed by atoms with Crippen LogP contribution in [0.25, 0.3) is 0 Å². The summed E-state index contributed by atoms with van der Waals surface area (Å²) in [5, 5.41) is 24.5. The van der Waals surface area contributed by atoms with Crippen LogP contribution in [0.5, 0.6) is 0 Å². The van der Waals surface area contributed by atoms with Crippen LogP contribution in [-0.4, -0.2) is 67.0 Å². The maximum absolute atomic E-state index is 11.6. The number of guanidine groups is 1. The largest absolute Gasteiger partial charge is 0.480 e. The van der Waals surface area contributed by atoms with Gasteiger partial charge in [0.15, 0.2) is 5.96 Å². The first-order chi connectivity index (χ1) is 11.2. The molecule has 0 rings (SSSR count). The summed E-state index contributed by atoms with van der Waals surface area (Å²) in [7, 11) is 0. The Hall–Kier alpha value is -2.89. The fourth-order valence-electron chi connectivity index (χ4n) is 1.45. The molecule has 10 N–H and O–H groups in total. The van der Waals surface area contributed by atoms with Gasteiger partial charge in [-0.05, 0) is 12.8 Å². The molecule has 0 fully saturated rings. The fourth-order valence-corrected chi connectivity index (χ4v) is 1.45. The van der Waals surface area contributed by atoms with Crippen LogP contribution in [0.15, 0.2) is 0 Å². The molecule has 0 aromatic carbocycles. The highest BCUT2D eigenvalue weighted by atomic mass is 16.4. The number of carboxylic acid groups (broad SMARTS) is 1. The third-order valence-electron chi connectivity index (χ3n) is 2.65. The summed E-state index contributed by atoms with van der Waals surface area (Å²) in [6.45, 7) is -0.893. The van der Waals surface area contributed by atoms with Crippen molar-refractivity contribution in [2.45, 2.75) is 18.9 Å². The minimum atomic E-state index is -1.20. The zero-order valence-electron chi connectivity index (χ0n) is 13.1. The van der Waals surface area contributed by atoms with E-state index in [0.717, 1.165) is 0 Å². The van der Waals surface area contributed by atoms with E-state index in [1.165, 1.54) is 0 Å². The van der Waals surface area contributed by atoms with E-state index in [-0.39, 0.29) is 12.5 Å². The smallest absolute Gasteiger partial charge is 0.322 e. The Labute approximate surface area is 138 Å². The summed E-state index contributed by atoms with van der Waals surface area (Å²) < 4.78 is 0. The molecule has 136 valence electrons. The molecule has 0 spiro atoms. The lowest BCUT2D eigenvalue weighted by Gasteiger charge is -2.12. The highest BCUT2D eigenvalue weighted by Gasteiger charge is 2.14. The van der Waals surface area contributed by atoms with Crippen LogP contribution in [-0.2, 0) is 19.2 Å². The van der Waals surface area contributed by atoms with Gasteiger partial charge in [0, 0.05) is 6.54 Å². The van der Waals surface area contributed by atoms with Crippen LogP contribution in [0.2, 0.25) is 0 Å². The van der Waals surface area contributed by atoms with Crippen LogP contribution >= 0.6 is 0 Å². The third-order valence-corrected chi connectivity index (χ3v) is 2.65. The number of carbonyl (C=O) groups is 4. The number of aliphatic carboxylic acids is 1. The van der Waals surface area contributed by atoms with Gasteiger partial charge in [-0.15, -0.1) is 0 Å². The number of carbonyl (C=O) groups excluding carboxylic acids is 3. The second-order valence-electron chi connectivity index (χ2n) is 4.75. The van der Waals surface area contributed by atoms with E-state index >= 15 is 0 Å². The van der Waals surface area contributed by atoms with Gasteiger partial charge in [-0.2, -0.15) is 0 Å². The van der Waals surface area contributed by atoms with Gasteiger partial charge >= 0.3 is 5.97 Å². The maximum Gasteiger partial charge on any atom is 0.322 e. The number of amides is 3. The molecule has 0 bridgehead atoms. The molecular weight excluding hydrogens is 322 g/mol. The number of nitrogens with two attached hydrogens (primary N) is 2. The lowest BCUT2D eigenvalue weighted by Crippen LogP contribution is -2.46. The van der Waals surface area contributed by atoms with Crippen molar-refractivity contribution in [2.75, 3.05) is 26.2 Å². The number of rotatable bonds is 11. The van der Waals surface area contributed by atoms with Crippen molar-refractivity contribution >= 4 is 29.7 Å². The van der Waals surface area contributed by atoms with Crippen LogP contribution in [0.3, 0.4) is 0 Å². The molecule has 0 aliphatic carbocycles. The number of hydrogen-bond acceptors (Lipinski definition) is 6. The van der Waals surface area contributed by atoms with E-state index in [9.17, 15) is 19.2 Å². The SMILES string of the molecule is N=C(N)NCCC[C@H](N)C(=O)NCC(=O)NCC(=O)NCC(=O)O. The molecule has 0 radical (unpaired) electrons. The van der Waals surface area contributed by atoms with Crippen molar-refractivity contribution in [1.82, 2.24) is 21.3 Å². The molecule has 0 aliphatic heterocycles. The van der Waals surface area contributed by atoms with E-state index in [1.54, 1.807) is 0 Å². The second kappa shape index (κ2) is 11.6. The molecule has 12 heteroatoms. The van der Waals surface area contributed by atoms with Gasteiger partial charge in [0.25, 0.3) is 0 Å². The first-order valence-corrected chi connectivity index (χ1v) is 7.08. The topological polar surface area (TPSA) is 213 Å². The Kier molecular flexibility index (Phi) is 10.2. The van der Waals surface area contributed by atoms with Crippen LogP contribution in [0, 0.1) is 5.41 Å². The maximum atomic E-state index is 11.6.